The molecule has 0 rings (SSSR count). The summed E-state index contributed by atoms with van der Waals surface area (Å²) in [5, 5.41) is 4.69. The lowest BCUT2D eigenvalue weighted by Crippen LogP contribution is -2.40. The van der Waals surface area contributed by atoms with E-state index in [9.17, 15) is 9.46 Å². The maximum atomic E-state index is 11.6. The first-order valence-electron chi connectivity index (χ1n) is 4.29. The van der Waals surface area contributed by atoms with E-state index in [1.165, 1.54) is 11.7 Å². The molecule has 0 aromatic rings. The number of hydrogen-bond acceptors (Lipinski definition) is 1. The molecule has 4 nitrogen and oxygen atoms in total. The molecule has 1 unspecified atom stereocenters. The van der Waals surface area contributed by atoms with Crippen LogP contribution in [0.3, 0.4) is 0 Å². The Labute approximate surface area is 116 Å². The van der Waals surface area contributed by atoms with Crippen LogP contribution >= 0.6 is 55.5 Å². The summed E-state index contributed by atoms with van der Waals surface area (Å²) in [5.41, 5.74) is -0.0933. The van der Waals surface area contributed by atoms with Crippen molar-refractivity contribution in [2.24, 2.45) is 5.41 Å². The number of alkyl halides is 3. The lowest BCUT2D eigenvalue weighted by atomic mass is 9.97. The summed E-state index contributed by atoms with van der Waals surface area (Å²) >= 11 is 10.3. The van der Waals surface area contributed by atoms with Crippen molar-refractivity contribution in [1.29, 1.82) is 0 Å². The van der Waals surface area contributed by atoms with Gasteiger partial charge in [-0.05, 0) is 14.1 Å². The SMILES string of the molecule is CNP(=O)(O)N(C)CC(CBr)(CBr)CBr. The molecule has 0 saturated heterocycles. The minimum absolute atomic E-state index is 0.0933. The van der Waals surface area contributed by atoms with Gasteiger partial charge in [-0.15, -0.1) is 0 Å². The third-order valence-electron chi connectivity index (χ3n) is 2.17. The van der Waals surface area contributed by atoms with Crippen molar-refractivity contribution < 1.29 is 9.46 Å². The predicted molar refractivity (Wildman–Crippen MR) is 75.3 cm³/mol. The van der Waals surface area contributed by atoms with Crippen molar-refractivity contribution in [2.45, 2.75) is 0 Å². The first-order valence-corrected chi connectivity index (χ1v) is 9.26. The second-order valence-corrected chi connectivity index (χ2v) is 7.38. The molecular weight excluding hydrogens is 415 g/mol. The molecule has 0 aliphatic carbocycles. The Bertz CT molecular complexity index is 230. The molecule has 0 aromatic carbocycles. The zero-order valence-electron chi connectivity index (χ0n) is 8.71. The minimum Gasteiger partial charge on any atom is -0.322 e. The molecule has 15 heavy (non-hydrogen) atoms. The quantitative estimate of drug-likeness (QED) is 0.481. The summed E-state index contributed by atoms with van der Waals surface area (Å²) in [6.45, 7) is 0.517. The standard InChI is InChI=1S/C7H16Br3N2O2P/c1-11-15(13,14)12(2)6-7(3-8,4-9)5-10/h3-6H2,1-2H3,(H2,11,13,14). The average Bonchev–Trinajstić information content (AvgIpc) is 2.25. The van der Waals surface area contributed by atoms with Crippen LogP contribution in [-0.2, 0) is 4.57 Å². The summed E-state index contributed by atoms with van der Waals surface area (Å²) in [5.74, 6) is 0. The lowest BCUT2D eigenvalue weighted by molar-refractivity contribution is 0.297. The molecule has 0 aliphatic rings. The van der Waals surface area contributed by atoms with E-state index in [0.29, 0.717) is 6.54 Å². The molecule has 0 amide bonds. The number of nitrogens with zero attached hydrogens (tertiary/aromatic N) is 1. The molecule has 92 valence electrons. The normalized spacial score (nSPS) is 16.7. The van der Waals surface area contributed by atoms with Gasteiger partial charge in [0, 0.05) is 28.0 Å². The van der Waals surface area contributed by atoms with Gasteiger partial charge in [0.15, 0.2) is 0 Å². The van der Waals surface area contributed by atoms with E-state index in [-0.39, 0.29) is 5.41 Å². The van der Waals surface area contributed by atoms with E-state index >= 15 is 0 Å². The highest BCUT2D eigenvalue weighted by Gasteiger charge is 2.33. The summed E-state index contributed by atoms with van der Waals surface area (Å²) in [6.07, 6.45) is 0. The number of nitrogens with one attached hydrogen (secondary N) is 1. The molecule has 0 spiro atoms. The highest BCUT2D eigenvalue weighted by Crippen LogP contribution is 2.41. The minimum atomic E-state index is -3.38. The Morgan fingerprint density at radius 1 is 1.33 bits per heavy atom. The van der Waals surface area contributed by atoms with Gasteiger partial charge in [0.05, 0.1) is 0 Å². The molecule has 0 aliphatic heterocycles. The van der Waals surface area contributed by atoms with E-state index < -0.39 is 7.67 Å². The van der Waals surface area contributed by atoms with Crippen LogP contribution in [0.4, 0.5) is 0 Å². The molecule has 1 atom stereocenters. The Balaban J connectivity index is 4.62. The van der Waals surface area contributed by atoms with Crippen molar-refractivity contribution in [3.63, 3.8) is 0 Å². The Hall–Kier alpha value is 1.55. The fourth-order valence-corrected chi connectivity index (χ4v) is 5.14. The molecule has 8 heteroatoms. The third-order valence-corrected chi connectivity index (χ3v) is 7.39. The number of hydrogen-bond donors (Lipinski definition) is 2. The molecule has 2 N–H and O–H groups in total. The zero-order chi connectivity index (χ0) is 12.1. The van der Waals surface area contributed by atoms with Gasteiger partial charge < -0.3 is 4.89 Å². The van der Waals surface area contributed by atoms with E-state index in [4.69, 9.17) is 0 Å². The van der Waals surface area contributed by atoms with Crippen LogP contribution in [0.15, 0.2) is 0 Å². The molecule has 0 heterocycles. The maximum absolute atomic E-state index is 11.6. The van der Waals surface area contributed by atoms with Crippen molar-refractivity contribution in [2.75, 3.05) is 36.6 Å². The Kier molecular flexibility index (Phi) is 7.82. The van der Waals surface area contributed by atoms with E-state index in [1.807, 2.05) is 0 Å². The Morgan fingerprint density at radius 3 is 2.00 bits per heavy atom. The molecule has 0 fully saturated rings. The van der Waals surface area contributed by atoms with Gasteiger partial charge in [-0.2, -0.15) is 0 Å². The van der Waals surface area contributed by atoms with Crippen LogP contribution in [0.5, 0.6) is 0 Å². The van der Waals surface area contributed by atoms with Crippen LogP contribution in [0.2, 0.25) is 0 Å². The first kappa shape index (κ1) is 16.6. The smallest absolute Gasteiger partial charge is 0.322 e. The van der Waals surface area contributed by atoms with Gasteiger partial charge in [0.25, 0.3) is 0 Å². The van der Waals surface area contributed by atoms with Crippen LogP contribution in [0.1, 0.15) is 0 Å². The molecule has 0 bridgehead atoms. The van der Waals surface area contributed by atoms with Gasteiger partial charge in [0.1, 0.15) is 0 Å². The average molecular weight is 431 g/mol. The summed E-state index contributed by atoms with van der Waals surface area (Å²) in [4.78, 5) is 9.57. The van der Waals surface area contributed by atoms with Gasteiger partial charge in [0.2, 0.25) is 0 Å². The van der Waals surface area contributed by atoms with Gasteiger partial charge in [-0.25, -0.2) is 9.76 Å². The van der Waals surface area contributed by atoms with Crippen LogP contribution in [-0.4, -0.2) is 46.2 Å². The van der Waals surface area contributed by atoms with Gasteiger partial charge >= 0.3 is 7.67 Å². The van der Waals surface area contributed by atoms with Gasteiger partial charge in [-0.3, -0.25) is 4.57 Å². The van der Waals surface area contributed by atoms with E-state index in [2.05, 4.69) is 52.9 Å². The van der Waals surface area contributed by atoms with E-state index in [1.54, 1.807) is 7.05 Å². The van der Waals surface area contributed by atoms with Crippen LogP contribution in [0, 0.1) is 5.41 Å². The number of halogens is 3. The molecule has 0 aromatic heterocycles. The third kappa shape index (κ3) is 4.74. The van der Waals surface area contributed by atoms with E-state index in [0.717, 1.165) is 16.0 Å². The lowest BCUT2D eigenvalue weighted by Gasteiger charge is -2.34. The predicted octanol–water partition coefficient (Wildman–Crippen LogP) is 2.41. The highest BCUT2D eigenvalue weighted by molar-refractivity contribution is 9.10. The molecule has 0 saturated carbocycles. The maximum Gasteiger partial charge on any atom is 0.340 e. The van der Waals surface area contributed by atoms with Crippen molar-refractivity contribution in [3.8, 4) is 0 Å². The fraction of sp³-hybridized carbons (Fsp3) is 1.00. The van der Waals surface area contributed by atoms with Crippen LogP contribution in [0.25, 0.3) is 0 Å². The summed E-state index contributed by atoms with van der Waals surface area (Å²) in [6, 6.07) is 0. The summed E-state index contributed by atoms with van der Waals surface area (Å²) < 4.78 is 13.1. The second kappa shape index (κ2) is 7.09. The highest BCUT2D eigenvalue weighted by atomic mass is 79.9. The largest absolute Gasteiger partial charge is 0.340 e. The molecule has 0 radical (unpaired) electrons. The topological polar surface area (TPSA) is 52.6 Å². The monoisotopic (exact) mass is 428 g/mol. The number of rotatable bonds is 7. The Morgan fingerprint density at radius 2 is 1.73 bits per heavy atom. The van der Waals surface area contributed by atoms with Crippen LogP contribution < -0.4 is 5.09 Å². The molecular formula is C7H16Br3N2O2P. The van der Waals surface area contributed by atoms with Crippen molar-refractivity contribution in [1.82, 2.24) is 9.76 Å². The second-order valence-electron chi connectivity index (χ2n) is 3.48. The zero-order valence-corrected chi connectivity index (χ0v) is 14.4. The summed E-state index contributed by atoms with van der Waals surface area (Å²) in [7, 11) is -0.259. The first-order chi connectivity index (χ1) is 6.87. The fourth-order valence-electron chi connectivity index (χ4n) is 0.986. The van der Waals surface area contributed by atoms with Crippen molar-refractivity contribution >= 4 is 55.5 Å². The van der Waals surface area contributed by atoms with Crippen molar-refractivity contribution in [3.05, 3.63) is 0 Å². The van der Waals surface area contributed by atoms with Gasteiger partial charge in [-0.1, -0.05) is 47.8 Å².